The third kappa shape index (κ3) is 4.02. The lowest BCUT2D eigenvalue weighted by atomic mass is 10.1. The Morgan fingerprint density at radius 3 is 2.33 bits per heavy atom. The van der Waals surface area contributed by atoms with Gasteiger partial charge in [0.1, 0.15) is 5.82 Å². The van der Waals surface area contributed by atoms with Crippen molar-refractivity contribution in [1.29, 1.82) is 0 Å². The number of benzene rings is 1. The second-order valence-corrected chi connectivity index (χ2v) is 6.62. The minimum absolute atomic E-state index is 0.285. The summed E-state index contributed by atoms with van der Waals surface area (Å²) in [6.07, 6.45) is 1.66. The number of nitrogens with zero attached hydrogens (tertiary/aromatic N) is 5. The number of aromatic nitrogens is 3. The topological polar surface area (TPSA) is 74.2 Å². The van der Waals surface area contributed by atoms with E-state index < -0.39 is 28.9 Å². The van der Waals surface area contributed by atoms with Crippen molar-refractivity contribution < 1.29 is 18.0 Å². The molecular weight excluding hydrogens is 397 g/mol. The maximum Gasteiger partial charge on any atom is 0.257 e. The van der Waals surface area contributed by atoms with Gasteiger partial charge in [-0.2, -0.15) is 0 Å². The molecule has 2 aromatic heterocycles. The lowest BCUT2D eigenvalue weighted by Crippen LogP contribution is -2.49. The molecule has 0 bridgehead atoms. The molecule has 1 aliphatic rings. The van der Waals surface area contributed by atoms with Crippen LogP contribution in [0.25, 0.3) is 0 Å². The average Bonchev–Trinajstić information content (AvgIpc) is 2.79. The van der Waals surface area contributed by atoms with Gasteiger partial charge in [-0.25, -0.2) is 18.2 Å². The SMILES string of the molecule is O=C(c1ccc(F)c(F)c1F)N1CCN(c2ccc(Nc3ccccn3)nn2)CC1. The standard InChI is InChI=1S/C20H17F3N6O/c21-14-5-4-13(18(22)19(14)23)20(30)29-11-9-28(10-12-29)17-7-6-16(26-27-17)25-15-3-1-2-8-24-15/h1-8H,9-12H2,(H,24,25,26). The van der Waals surface area contributed by atoms with Crippen LogP contribution in [0.1, 0.15) is 10.4 Å². The van der Waals surface area contributed by atoms with Crippen molar-refractivity contribution in [3.05, 3.63) is 71.7 Å². The van der Waals surface area contributed by atoms with E-state index in [1.165, 1.54) is 4.90 Å². The Balaban J connectivity index is 1.37. The molecule has 154 valence electrons. The summed E-state index contributed by atoms with van der Waals surface area (Å²) in [7, 11) is 0. The summed E-state index contributed by atoms with van der Waals surface area (Å²) in [5.74, 6) is -3.29. The van der Waals surface area contributed by atoms with Crippen LogP contribution in [-0.2, 0) is 0 Å². The molecule has 7 nitrogen and oxygen atoms in total. The predicted molar refractivity (Wildman–Crippen MR) is 104 cm³/mol. The zero-order valence-corrected chi connectivity index (χ0v) is 15.7. The van der Waals surface area contributed by atoms with Crippen LogP contribution in [0.5, 0.6) is 0 Å². The molecule has 1 saturated heterocycles. The lowest BCUT2D eigenvalue weighted by Gasteiger charge is -2.35. The second-order valence-electron chi connectivity index (χ2n) is 6.62. The highest BCUT2D eigenvalue weighted by Gasteiger charge is 2.27. The summed E-state index contributed by atoms with van der Waals surface area (Å²) >= 11 is 0. The zero-order chi connectivity index (χ0) is 21.1. The number of hydrogen-bond acceptors (Lipinski definition) is 6. The summed E-state index contributed by atoms with van der Waals surface area (Å²) < 4.78 is 40.4. The molecule has 1 aliphatic heterocycles. The Morgan fingerprint density at radius 2 is 1.67 bits per heavy atom. The van der Waals surface area contributed by atoms with Gasteiger partial charge in [0.15, 0.2) is 29.1 Å². The fraction of sp³-hybridized carbons (Fsp3) is 0.200. The first kappa shape index (κ1) is 19.6. The molecule has 1 N–H and O–H groups in total. The van der Waals surface area contributed by atoms with E-state index >= 15 is 0 Å². The number of hydrogen-bond donors (Lipinski definition) is 1. The third-order valence-electron chi connectivity index (χ3n) is 4.73. The lowest BCUT2D eigenvalue weighted by molar-refractivity contribution is 0.0740. The molecule has 0 aliphatic carbocycles. The normalized spacial score (nSPS) is 14.0. The fourth-order valence-electron chi connectivity index (χ4n) is 3.13. The first-order valence-corrected chi connectivity index (χ1v) is 9.22. The Hall–Kier alpha value is -3.69. The van der Waals surface area contributed by atoms with E-state index in [4.69, 9.17) is 0 Å². The number of anilines is 3. The van der Waals surface area contributed by atoms with Crippen LogP contribution < -0.4 is 10.2 Å². The second kappa shape index (κ2) is 8.36. The number of pyridine rings is 1. The van der Waals surface area contributed by atoms with E-state index in [9.17, 15) is 18.0 Å². The molecule has 1 amide bonds. The van der Waals surface area contributed by atoms with Crippen LogP contribution in [0.4, 0.5) is 30.6 Å². The van der Waals surface area contributed by atoms with E-state index in [-0.39, 0.29) is 13.1 Å². The molecule has 0 unspecified atom stereocenters. The van der Waals surface area contributed by atoms with Gasteiger partial charge in [-0.1, -0.05) is 6.07 Å². The summed E-state index contributed by atoms with van der Waals surface area (Å²) in [6.45, 7) is 1.46. The molecule has 0 spiro atoms. The molecule has 10 heteroatoms. The van der Waals surface area contributed by atoms with Crippen LogP contribution in [0, 0.1) is 17.5 Å². The Kier molecular flexibility index (Phi) is 5.46. The number of nitrogens with one attached hydrogen (secondary N) is 1. The Morgan fingerprint density at radius 1 is 0.867 bits per heavy atom. The number of carbonyl (C=O) groups is 1. The van der Waals surface area contributed by atoms with E-state index in [0.29, 0.717) is 30.5 Å². The highest BCUT2D eigenvalue weighted by atomic mass is 19.2. The average molecular weight is 414 g/mol. The first-order chi connectivity index (χ1) is 14.5. The molecular formula is C20H17F3N6O. The number of carbonyl (C=O) groups excluding carboxylic acids is 1. The maximum absolute atomic E-state index is 13.9. The maximum atomic E-state index is 13.9. The zero-order valence-electron chi connectivity index (χ0n) is 15.7. The molecule has 3 aromatic rings. The quantitative estimate of drug-likeness (QED) is 0.662. The van der Waals surface area contributed by atoms with Gasteiger partial charge in [0.05, 0.1) is 5.56 Å². The first-order valence-electron chi connectivity index (χ1n) is 9.22. The van der Waals surface area contributed by atoms with Crippen molar-refractivity contribution in [3.8, 4) is 0 Å². The molecule has 0 saturated carbocycles. The minimum atomic E-state index is -1.64. The van der Waals surface area contributed by atoms with Crippen LogP contribution in [0.15, 0.2) is 48.7 Å². The molecule has 3 heterocycles. The molecule has 30 heavy (non-hydrogen) atoms. The summed E-state index contributed by atoms with van der Waals surface area (Å²) in [4.78, 5) is 20.0. The Labute approximate surface area is 170 Å². The van der Waals surface area contributed by atoms with E-state index in [2.05, 4.69) is 20.5 Å². The van der Waals surface area contributed by atoms with Gasteiger partial charge in [0.25, 0.3) is 5.91 Å². The van der Waals surface area contributed by atoms with Crippen molar-refractivity contribution in [2.24, 2.45) is 0 Å². The van der Waals surface area contributed by atoms with Crippen LogP contribution in [-0.4, -0.2) is 52.2 Å². The van der Waals surface area contributed by atoms with Crippen molar-refractivity contribution in [2.75, 3.05) is 36.4 Å². The highest BCUT2D eigenvalue weighted by molar-refractivity contribution is 5.94. The van der Waals surface area contributed by atoms with Gasteiger partial charge in [-0.15, -0.1) is 10.2 Å². The molecule has 1 fully saturated rings. The van der Waals surface area contributed by atoms with E-state index in [1.807, 2.05) is 23.1 Å². The van der Waals surface area contributed by atoms with E-state index in [1.54, 1.807) is 18.3 Å². The molecule has 0 radical (unpaired) electrons. The van der Waals surface area contributed by atoms with Crippen molar-refractivity contribution in [1.82, 2.24) is 20.1 Å². The van der Waals surface area contributed by atoms with Gasteiger partial charge < -0.3 is 15.1 Å². The monoisotopic (exact) mass is 414 g/mol. The molecule has 4 rings (SSSR count). The van der Waals surface area contributed by atoms with Crippen molar-refractivity contribution >= 4 is 23.4 Å². The van der Waals surface area contributed by atoms with Gasteiger partial charge in [0.2, 0.25) is 0 Å². The Bertz CT molecular complexity index is 1040. The molecule has 1 aromatic carbocycles. The van der Waals surface area contributed by atoms with Gasteiger partial charge in [-0.3, -0.25) is 4.79 Å². The van der Waals surface area contributed by atoms with E-state index in [0.717, 1.165) is 12.1 Å². The fourth-order valence-corrected chi connectivity index (χ4v) is 3.13. The number of halogens is 3. The van der Waals surface area contributed by atoms with Gasteiger partial charge >= 0.3 is 0 Å². The number of piperazine rings is 1. The van der Waals surface area contributed by atoms with Crippen molar-refractivity contribution in [2.45, 2.75) is 0 Å². The van der Waals surface area contributed by atoms with Crippen molar-refractivity contribution in [3.63, 3.8) is 0 Å². The number of rotatable bonds is 4. The smallest absolute Gasteiger partial charge is 0.257 e. The summed E-state index contributed by atoms with van der Waals surface area (Å²) in [5, 5.41) is 11.4. The van der Waals surface area contributed by atoms with Crippen LogP contribution in [0.3, 0.4) is 0 Å². The predicted octanol–water partition coefficient (Wildman–Crippen LogP) is 2.99. The van der Waals surface area contributed by atoms with Crippen LogP contribution in [0.2, 0.25) is 0 Å². The van der Waals surface area contributed by atoms with Gasteiger partial charge in [0, 0.05) is 32.4 Å². The van der Waals surface area contributed by atoms with Gasteiger partial charge in [-0.05, 0) is 36.4 Å². The summed E-state index contributed by atoms with van der Waals surface area (Å²) in [6, 6.07) is 10.7. The minimum Gasteiger partial charge on any atom is -0.352 e. The highest BCUT2D eigenvalue weighted by Crippen LogP contribution is 2.20. The summed E-state index contributed by atoms with van der Waals surface area (Å²) in [5.41, 5.74) is -0.480. The van der Waals surface area contributed by atoms with Crippen LogP contribution >= 0.6 is 0 Å². The largest absolute Gasteiger partial charge is 0.352 e. The molecule has 0 atom stereocenters. The third-order valence-corrected chi connectivity index (χ3v) is 4.73. The number of amides is 1.